The van der Waals surface area contributed by atoms with Crippen LogP contribution in [0.2, 0.25) is 0 Å². The van der Waals surface area contributed by atoms with Crippen LogP contribution in [0.3, 0.4) is 0 Å². The molecule has 0 fully saturated rings. The molecule has 110 valence electrons. The molecule has 0 unspecified atom stereocenters. The van der Waals surface area contributed by atoms with E-state index in [2.05, 4.69) is 47.2 Å². The molecule has 0 aliphatic carbocycles. The first-order valence-electron chi connectivity index (χ1n) is 6.94. The summed E-state index contributed by atoms with van der Waals surface area (Å²) in [5.41, 5.74) is 2.37. The van der Waals surface area contributed by atoms with Crippen LogP contribution in [0.15, 0.2) is 33.8 Å². The first-order chi connectivity index (χ1) is 10.2. The summed E-state index contributed by atoms with van der Waals surface area (Å²) in [6.45, 7) is 4.28. The average Bonchev–Trinajstić information content (AvgIpc) is 2.91. The smallest absolute Gasteiger partial charge is 0.226 e. The lowest BCUT2D eigenvalue weighted by atomic mass is 10.1. The molecule has 4 nitrogen and oxygen atoms in total. The molecule has 1 aromatic carbocycles. The van der Waals surface area contributed by atoms with Crippen LogP contribution in [0.4, 0.5) is 5.69 Å². The topological polar surface area (TPSA) is 51.3 Å². The van der Waals surface area contributed by atoms with E-state index >= 15 is 0 Å². The van der Waals surface area contributed by atoms with E-state index < -0.39 is 0 Å². The molecule has 0 bridgehead atoms. The second-order valence-electron chi connectivity index (χ2n) is 5.29. The summed E-state index contributed by atoms with van der Waals surface area (Å²) in [4.78, 5) is 9.09. The molecule has 0 radical (unpaired) electrons. The molecule has 0 atom stereocenters. The fourth-order valence-electron chi connectivity index (χ4n) is 1.99. The van der Waals surface area contributed by atoms with Gasteiger partial charge in [-0.3, -0.25) is 0 Å². The Morgan fingerprint density at radius 2 is 2.19 bits per heavy atom. The SMILES string of the molecule is CC(C)Cc1nc(CSC2=Nc3ccccc3CS2)no1. The van der Waals surface area contributed by atoms with Gasteiger partial charge in [0.05, 0.1) is 11.4 Å². The lowest BCUT2D eigenvalue weighted by Gasteiger charge is -2.13. The number of hydrogen-bond donors (Lipinski definition) is 0. The largest absolute Gasteiger partial charge is 0.339 e. The fourth-order valence-corrected chi connectivity index (χ4v) is 3.90. The monoisotopic (exact) mass is 319 g/mol. The molecule has 6 heteroatoms. The van der Waals surface area contributed by atoms with Crippen LogP contribution < -0.4 is 0 Å². The zero-order valence-corrected chi connectivity index (χ0v) is 13.7. The quantitative estimate of drug-likeness (QED) is 0.834. The molecular formula is C15H17N3OS2. The van der Waals surface area contributed by atoms with Gasteiger partial charge in [-0.05, 0) is 17.5 Å². The van der Waals surface area contributed by atoms with Gasteiger partial charge in [0.2, 0.25) is 5.89 Å². The highest BCUT2D eigenvalue weighted by Crippen LogP contribution is 2.35. The van der Waals surface area contributed by atoms with Crippen LogP contribution in [0, 0.1) is 5.92 Å². The van der Waals surface area contributed by atoms with Gasteiger partial charge in [0.1, 0.15) is 4.38 Å². The maximum absolute atomic E-state index is 5.25. The Morgan fingerprint density at radius 1 is 1.33 bits per heavy atom. The minimum Gasteiger partial charge on any atom is -0.339 e. The predicted molar refractivity (Wildman–Crippen MR) is 89.0 cm³/mol. The van der Waals surface area contributed by atoms with Crippen LogP contribution in [0.25, 0.3) is 0 Å². The van der Waals surface area contributed by atoms with Gasteiger partial charge in [-0.15, -0.1) is 0 Å². The lowest BCUT2D eigenvalue weighted by molar-refractivity contribution is 0.360. The van der Waals surface area contributed by atoms with Gasteiger partial charge in [0.25, 0.3) is 0 Å². The third-order valence-corrected chi connectivity index (χ3v) is 5.21. The second kappa shape index (κ2) is 6.66. The van der Waals surface area contributed by atoms with E-state index in [0.717, 1.165) is 34.0 Å². The van der Waals surface area contributed by atoms with Gasteiger partial charge in [-0.1, -0.05) is 60.7 Å². The van der Waals surface area contributed by atoms with Crippen molar-refractivity contribution < 1.29 is 4.52 Å². The molecule has 0 N–H and O–H groups in total. The van der Waals surface area contributed by atoms with Gasteiger partial charge in [0, 0.05) is 12.2 Å². The number of rotatable bonds is 4. The van der Waals surface area contributed by atoms with Crippen molar-refractivity contribution >= 4 is 33.6 Å². The summed E-state index contributed by atoms with van der Waals surface area (Å²) < 4.78 is 6.32. The minimum atomic E-state index is 0.528. The van der Waals surface area contributed by atoms with Crippen LogP contribution in [0.5, 0.6) is 0 Å². The molecule has 0 saturated heterocycles. The zero-order chi connectivity index (χ0) is 14.7. The molecular weight excluding hydrogens is 302 g/mol. The van der Waals surface area contributed by atoms with Gasteiger partial charge >= 0.3 is 0 Å². The van der Waals surface area contributed by atoms with E-state index in [1.54, 1.807) is 23.5 Å². The highest BCUT2D eigenvalue weighted by Gasteiger charge is 2.14. The van der Waals surface area contributed by atoms with Gasteiger partial charge < -0.3 is 4.52 Å². The number of hydrogen-bond acceptors (Lipinski definition) is 6. The number of aliphatic imine (C=N–C) groups is 1. The number of para-hydroxylation sites is 1. The van der Waals surface area contributed by atoms with Crippen LogP contribution in [0.1, 0.15) is 31.1 Å². The molecule has 1 aliphatic rings. The van der Waals surface area contributed by atoms with E-state index in [9.17, 15) is 0 Å². The maximum atomic E-state index is 5.25. The van der Waals surface area contributed by atoms with E-state index in [1.165, 1.54) is 5.56 Å². The number of thioether (sulfide) groups is 2. The van der Waals surface area contributed by atoms with E-state index in [4.69, 9.17) is 4.52 Å². The molecule has 21 heavy (non-hydrogen) atoms. The molecule has 1 aromatic heterocycles. The van der Waals surface area contributed by atoms with E-state index in [1.807, 2.05) is 6.07 Å². The molecule has 2 heterocycles. The Balaban J connectivity index is 1.61. The average molecular weight is 319 g/mol. The minimum absolute atomic E-state index is 0.528. The van der Waals surface area contributed by atoms with E-state index in [0.29, 0.717) is 11.7 Å². The number of fused-ring (bicyclic) bond motifs is 1. The van der Waals surface area contributed by atoms with Gasteiger partial charge in [-0.2, -0.15) is 4.98 Å². The maximum Gasteiger partial charge on any atom is 0.226 e. The third kappa shape index (κ3) is 3.89. The molecule has 0 amide bonds. The van der Waals surface area contributed by atoms with Crippen molar-refractivity contribution in [2.75, 3.05) is 0 Å². The van der Waals surface area contributed by atoms with Crippen molar-refractivity contribution in [3.8, 4) is 0 Å². The molecule has 1 aliphatic heterocycles. The fraction of sp³-hybridized carbons (Fsp3) is 0.400. The molecule has 2 aromatic rings. The summed E-state index contributed by atoms with van der Waals surface area (Å²) in [7, 11) is 0. The third-order valence-electron chi connectivity index (χ3n) is 2.97. The Labute approximate surface area is 132 Å². The highest BCUT2D eigenvalue weighted by molar-refractivity contribution is 8.38. The number of benzene rings is 1. The standard InChI is InChI=1S/C15H17N3OS2/c1-10(2)7-14-17-13(18-19-14)9-21-15-16-12-6-4-3-5-11(12)8-20-15/h3-6,10H,7-9H2,1-2H3. The Morgan fingerprint density at radius 3 is 3.05 bits per heavy atom. The van der Waals surface area contributed by atoms with Crippen LogP contribution in [-0.4, -0.2) is 14.5 Å². The van der Waals surface area contributed by atoms with Crippen molar-refractivity contribution in [2.45, 2.75) is 31.8 Å². The predicted octanol–water partition coefficient (Wildman–Crippen LogP) is 4.44. The highest BCUT2D eigenvalue weighted by atomic mass is 32.2. The van der Waals surface area contributed by atoms with Crippen molar-refractivity contribution in [3.63, 3.8) is 0 Å². The number of aromatic nitrogens is 2. The van der Waals surface area contributed by atoms with Crippen LogP contribution >= 0.6 is 23.5 Å². The van der Waals surface area contributed by atoms with Gasteiger partial charge in [0.15, 0.2) is 5.82 Å². The summed E-state index contributed by atoms with van der Waals surface area (Å²) in [5.74, 6) is 3.69. The molecule has 0 saturated carbocycles. The Hall–Kier alpha value is -1.27. The van der Waals surface area contributed by atoms with E-state index in [-0.39, 0.29) is 0 Å². The molecule has 0 spiro atoms. The summed E-state index contributed by atoms with van der Waals surface area (Å²) in [6.07, 6.45) is 0.834. The van der Waals surface area contributed by atoms with Crippen molar-refractivity contribution in [3.05, 3.63) is 41.5 Å². The first kappa shape index (κ1) is 14.7. The Kier molecular flexibility index (Phi) is 4.65. The molecule has 3 rings (SSSR count). The van der Waals surface area contributed by atoms with Crippen LogP contribution in [-0.2, 0) is 17.9 Å². The van der Waals surface area contributed by atoms with Crippen molar-refractivity contribution in [2.24, 2.45) is 10.9 Å². The number of nitrogens with zero attached hydrogens (tertiary/aromatic N) is 3. The second-order valence-corrected chi connectivity index (χ2v) is 7.47. The first-order valence-corrected chi connectivity index (χ1v) is 8.91. The zero-order valence-electron chi connectivity index (χ0n) is 12.1. The lowest BCUT2D eigenvalue weighted by Crippen LogP contribution is -1.97. The summed E-state index contributed by atoms with van der Waals surface area (Å²) in [5, 5.41) is 4.03. The van der Waals surface area contributed by atoms with Crippen molar-refractivity contribution in [1.29, 1.82) is 0 Å². The summed E-state index contributed by atoms with van der Waals surface area (Å²) in [6, 6.07) is 8.27. The summed E-state index contributed by atoms with van der Waals surface area (Å²) >= 11 is 3.44. The van der Waals surface area contributed by atoms with Crippen molar-refractivity contribution in [1.82, 2.24) is 10.1 Å². The van der Waals surface area contributed by atoms with Gasteiger partial charge in [-0.25, -0.2) is 4.99 Å². The Bertz CT molecular complexity index is 652. The normalized spacial score (nSPS) is 14.1.